The van der Waals surface area contributed by atoms with Gasteiger partial charge in [-0.3, -0.25) is 0 Å². The van der Waals surface area contributed by atoms with Gasteiger partial charge in [0.15, 0.2) is 0 Å². The quantitative estimate of drug-likeness (QED) is 0.382. The number of aliphatic hydroxyl groups excluding tert-OH is 3. The van der Waals surface area contributed by atoms with Crippen molar-refractivity contribution in [1.82, 2.24) is 5.32 Å². The lowest BCUT2D eigenvalue weighted by atomic mass is 10.1. The van der Waals surface area contributed by atoms with Gasteiger partial charge < -0.3 is 20.6 Å². The van der Waals surface area contributed by atoms with E-state index in [0.717, 1.165) is 0 Å². The molecule has 0 saturated carbocycles. The zero-order valence-corrected chi connectivity index (χ0v) is 5.94. The van der Waals surface area contributed by atoms with Crippen LogP contribution < -0.4 is 5.32 Å². The molecule has 0 bridgehead atoms. The van der Waals surface area contributed by atoms with Crippen molar-refractivity contribution in [2.45, 2.75) is 24.4 Å². The van der Waals surface area contributed by atoms with E-state index in [2.05, 4.69) is 5.32 Å². The minimum Gasteiger partial charge on any atom is -0.394 e. The Labute approximate surface area is 63.7 Å². The van der Waals surface area contributed by atoms with Crippen LogP contribution in [0, 0.1) is 0 Å². The molecule has 0 aliphatic carbocycles. The molecule has 1 heterocycles. The highest BCUT2D eigenvalue weighted by Crippen LogP contribution is 2.13. The van der Waals surface area contributed by atoms with Crippen molar-refractivity contribution in [1.29, 1.82) is 0 Å². The predicted octanol–water partition coefficient (Wildman–Crippen LogP) is -1.99. The summed E-state index contributed by atoms with van der Waals surface area (Å²) in [7, 11) is 0. The van der Waals surface area contributed by atoms with Gasteiger partial charge in [0.05, 0.1) is 18.8 Å². The third-order valence-electron chi connectivity index (χ3n) is 1.89. The third-order valence-corrected chi connectivity index (χ3v) is 1.89. The first-order valence-electron chi connectivity index (χ1n) is 3.51. The van der Waals surface area contributed by atoms with Gasteiger partial charge in [0.2, 0.25) is 0 Å². The number of nitrogens with one attached hydrogen (secondary N) is 1. The monoisotopic (exact) mass is 165 g/mol. The average Bonchev–Trinajstić information content (AvgIpc) is 2.32. The summed E-state index contributed by atoms with van der Waals surface area (Å²) in [4.78, 5) is 0. The van der Waals surface area contributed by atoms with Gasteiger partial charge in [-0.05, 0) is 0 Å². The molecule has 0 unspecified atom stereocenters. The molecule has 0 spiro atoms. The fraction of sp³-hybridized carbons (Fsp3) is 1.00. The lowest BCUT2D eigenvalue weighted by Gasteiger charge is -2.19. The number of halogens is 1. The summed E-state index contributed by atoms with van der Waals surface area (Å²) in [6, 6.07) is -0.741. The molecule has 1 rings (SSSR count). The van der Waals surface area contributed by atoms with Crippen LogP contribution in [-0.2, 0) is 0 Å². The van der Waals surface area contributed by atoms with Crippen LogP contribution in [0.4, 0.5) is 4.39 Å². The van der Waals surface area contributed by atoms with Crippen molar-refractivity contribution in [2.24, 2.45) is 0 Å². The standard InChI is InChI=1S/C6H12FNO3/c7-3-1-8-5(6(3)11)4(10)2-9/h3-6,8-11H,1-2H2/t3-,4-,5+,6+/m0/s1. The Kier molecular flexibility index (Phi) is 2.78. The highest BCUT2D eigenvalue weighted by molar-refractivity contribution is 4.94. The van der Waals surface area contributed by atoms with Crippen molar-refractivity contribution in [3.63, 3.8) is 0 Å². The average molecular weight is 165 g/mol. The van der Waals surface area contributed by atoms with Crippen LogP contribution >= 0.6 is 0 Å². The van der Waals surface area contributed by atoms with Crippen molar-refractivity contribution >= 4 is 0 Å². The minimum atomic E-state index is -1.35. The number of rotatable bonds is 2. The molecule has 4 atom stereocenters. The largest absolute Gasteiger partial charge is 0.394 e. The first kappa shape index (κ1) is 8.86. The van der Waals surface area contributed by atoms with Gasteiger partial charge in [-0.1, -0.05) is 0 Å². The van der Waals surface area contributed by atoms with Crippen molar-refractivity contribution < 1.29 is 19.7 Å². The zero-order valence-electron chi connectivity index (χ0n) is 5.94. The van der Waals surface area contributed by atoms with E-state index in [0.29, 0.717) is 0 Å². The number of aliphatic hydroxyl groups is 3. The maximum absolute atomic E-state index is 12.6. The van der Waals surface area contributed by atoms with Crippen molar-refractivity contribution in [3.05, 3.63) is 0 Å². The maximum Gasteiger partial charge on any atom is 0.140 e. The van der Waals surface area contributed by atoms with Gasteiger partial charge in [-0.2, -0.15) is 0 Å². The van der Waals surface area contributed by atoms with E-state index in [4.69, 9.17) is 15.3 Å². The van der Waals surface area contributed by atoms with E-state index in [1.165, 1.54) is 0 Å². The fourth-order valence-corrected chi connectivity index (χ4v) is 1.19. The van der Waals surface area contributed by atoms with Crippen molar-refractivity contribution in [2.75, 3.05) is 13.2 Å². The second kappa shape index (κ2) is 3.44. The molecule has 0 radical (unpaired) electrons. The van der Waals surface area contributed by atoms with Crippen LogP contribution in [0.5, 0.6) is 0 Å². The molecule has 66 valence electrons. The van der Waals surface area contributed by atoms with Gasteiger partial charge in [0.25, 0.3) is 0 Å². The summed E-state index contributed by atoms with van der Waals surface area (Å²) in [6.07, 6.45) is -3.65. The Morgan fingerprint density at radius 2 is 2.27 bits per heavy atom. The first-order valence-corrected chi connectivity index (χ1v) is 3.51. The molecule has 5 heteroatoms. The Hall–Kier alpha value is -0.230. The second-order valence-corrected chi connectivity index (χ2v) is 2.69. The summed E-state index contributed by atoms with van der Waals surface area (Å²) in [5, 5.41) is 29.1. The molecule has 1 fully saturated rings. The van der Waals surface area contributed by atoms with E-state index < -0.39 is 31.0 Å². The molecule has 1 aliphatic heterocycles. The molecule has 1 aliphatic rings. The van der Waals surface area contributed by atoms with Crippen LogP contribution in [-0.4, -0.2) is 52.9 Å². The van der Waals surface area contributed by atoms with Crippen LogP contribution in [0.2, 0.25) is 0 Å². The lowest BCUT2D eigenvalue weighted by molar-refractivity contribution is 0.00897. The molecule has 0 aromatic heterocycles. The predicted molar refractivity (Wildman–Crippen MR) is 35.8 cm³/mol. The van der Waals surface area contributed by atoms with Crippen LogP contribution in [0.3, 0.4) is 0 Å². The molecule has 0 amide bonds. The Bertz CT molecular complexity index is 135. The fourth-order valence-electron chi connectivity index (χ4n) is 1.19. The number of hydrogen-bond acceptors (Lipinski definition) is 4. The number of hydrogen-bond donors (Lipinski definition) is 4. The van der Waals surface area contributed by atoms with E-state index >= 15 is 0 Å². The van der Waals surface area contributed by atoms with Gasteiger partial charge in [-0.25, -0.2) is 4.39 Å². The molecular formula is C6H12FNO3. The molecule has 1 saturated heterocycles. The van der Waals surface area contributed by atoms with Gasteiger partial charge in [0.1, 0.15) is 12.3 Å². The first-order chi connectivity index (χ1) is 5.16. The highest BCUT2D eigenvalue weighted by Gasteiger charge is 2.38. The van der Waals surface area contributed by atoms with Crippen LogP contribution in [0.25, 0.3) is 0 Å². The summed E-state index contributed by atoms with van der Waals surface area (Å²) >= 11 is 0. The molecule has 0 aromatic carbocycles. The van der Waals surface area contributed by atoms with Gasteiger partial charge in [-0.15, -0.1) is 0 Å². The van der Waals surface area contributed by atoms with E-state index in [9.17, 15) is 4.39 Å². The maximum atomic E-state index is 12.6. The number of alkyl halides is 1. The van der Waals surface area contributed by atoms with Gasteiger partial charge >= 0.3 is 0 Å². The normalized spacial score (nSPS) is 40.9. The SMILES string of the molecule is OC[C@H](O)[C@H]1NC[C@H](F)[C@H]1O. The van der Waals surface area contributed by atoms with Crippen LogP contribution in [0.15, 0.2) is 0 Å². The molecule has 0 aromatic rings. The Morgan fingerprint density at radius 1 is 1.64 bits per heavy atom. The smallest absolute Gasteiger partial charge is 0.140 e. The molecule has 11 heavy (non-hydrogen) atoms. The third kappa shape index (κ3) is 1.67. The van der Waals surface area contributed by atoms with Gasteiger partial charge in [0, 0.05) is 6.54 Å². The highest BCUT2D eigenvalue weighted by atomic mass is 19.1. The molecule has 4 nitrogen and oxygen atoms in total. The zero-order chi connectivity index (χ0) is 8.43. The summed E-state index contributed by atoms with van der Waals surface area (Å²) in [5.74, 6) is 0. The van der Waals surface area contributed by atoms with Crippen LogP contribution in [0.1, 0.15) is 0 Å². The van der Waals surface area contributed by atoms with E-state index in [1.807, 2.05) is 0 Å². The summed E-state index contributed by atoms with van der Waals surface area (Å²) in [5.41, 5.74) is 0. The molecular weight excluding hydrogens is 153 g/mol. The summed E-state index contributed by atoms with van der Waals surface area (Å²) < 4.78 is 12.6. The Balaban J connectivity index is 2.47. The second-order valence-electron chi connectivity index (χ2n) is 2.69. The Morgan fingerprint density at radius 3 is 2.64 bits per heavy atom. The topological polar surface area (TPSA) is 72.7 Å². The van der Waals surface area contributed by atoms with E-state index in [-0.39, 0.29) is 6.54 Å². The minimum absolute atomic E-state index is 0.0306. The molecule has 4 N–H and O–H groups in total. The van der Waals surface area contributed by atoms with E-state index in [1.54, 1.807) is 0 Å². The summed E-state index contributed by atoms with van der Waals surface area (Å²) in [6.45, 7) is -0.440. The van der Waals surface area contributed by atoms with Crippen molar-refractivity contribution in [3.8, 4) is 0 Å². The lowest BCUT2D eigenvalue weighted by Crippen LogP contribution is -2.44.